The topological polar surface area (TPSA) is 128 Å². The van der Waals surface area contributed by atoms with Crippen LogP contribution >= 0.6 is 0 Å². The van der Waals surface area contributed by atoms with E-state index in [1.165, 1.54) is 32.9 Å². The lowest BCUT2D eigenvalue weighted by molar-refractivity contribution is -0.180. The van der Waals surface area contributed by atoms with Crippen molar-refractivity contribution in [3.8, 4) is 0 Å². The largest absolute Gasteiger partial charge is 0.547 e. The lowest BCUT2D eigenvalue weighted by Crippen LogP contribution is -2.50. The molecule has 0 fully saturated rings. The van der Waals surface area contributed by atoms with Crippen molar-refractivity contribution in [2.24, 2.45) is 0 Å². The van der Waals surface area contributed by atoms with Gasteiger partial charge in [-0.1, -0.05) is 18.7 Å². The van der Waals surface area contributed by atoms with E-state index in [4.69, 9.17) is 14.1 Å². The molecule has 0 bridgehead atoms. The third-order valence-electron chi connectivity index (χ3n) is 4.20. The molecular formula is C20H28BNO8. The van der Waals surface area contributed by atoms with Crippen molar-refractivity contribution in [3.63, 3.8) is 0 Å². The number of allylic oxidation sites excluding steroid dienone is 2. The van der Waals surface area contributed by atoms with Crippen LogP contribution in [-0.2, 0) is 33.3 Å². The first kappa shape index (κ1) is 25.2. The van der Waals surface area contributed by atoms with Crippen LogP contribution in [0.1, 0.15) is 53.4 Å². The van der Waals surface area contributed by atoms with Gasteiger partial charge in [-0.05, 0) is 32.3 Å². The summed E-state index contributed by atoms with van der Waals surface area (Å²) in [5.41, 5.74) is 0.508. The van der Waals surface area contributed by atoms with Gasteiger partial charge in [0.15, 0.2) is 0 Å². The highest BCUT2D eigenvalue weighted by Crippen LogP contribution is 2.28. The predicted molar refractivity (Wildman–Crippen MR) is 108 cm³/mol. The molecule has 0 spiro atoms. The molecule has 1 unspecified atom stereocenters. The molecule has 1 aliphatic rings. The Kier molecular flexibility index (Phi) is 10.0. The van der Waals surface area contributed by atoms with Gasteiger partial charge in [-0.2, -0.15) is 0 Å². The van der Waals surface area contributed by atoms with Gasteiger partial charge in [-0.3, -0.25) is 9.59 Å². The summed E-state index contributed by atoms with van der Waals surface area (Å²) in [5, 5.41) is 13.0. The molecular weight excluding hydrogens is 393 g/mol. The molecule has 1 rings (SSSR count). The number of carbonyl (C=O) groups is 4. The Labute approximate surface area is 176 Å². The molecule has 0 aliphatic carbocycles. The van der Waals surface area contributed by atoms with Gasteiger partial charge < -0.3 is 29.3 Å². The van der Waals surface area contributed by atoms with Gasteiger partial charge in [0.05, 0.1) is 11.5 Å². The number of ketones is 1. The molecule has 10 heteroatoms. The molecule has 0 aromatic carbocycles. The van der Waals surface area contributed by atoms with E-state index in [-0.39, 0.29) is 35.9 Å². The predicted octanol–water partition coefficient (Wildman–Crippen LogP) is 1.51. The summed E-state index contributed by atoms with van der Waals surface area (Å²) in [6, 6.07) is 0. The van der Waals surface area contributed by atoms with E-state index in [1.54, 1.807) is 6.92 Å². The second kappa shape index (κ2) is 12.0. The fraction of sp³-hybridized carbons (Fsp3) is 0.500. The van der Waals surface area contributed by atoms with Crippen LogP contribution in [0.15, 0.2) is 35.6 Å². The zero-order valence-electron chi connectivity index (χ0n) is 17.7. The minimum atomic E-state index is -1.41. The molecule has 1 heterocycles. The number of esters is 2. The SMILES string of the molecule is C=CC1=C(/C(=C\C)C(=O)OC(C)OC(C)=O)OB(O)[C@@H](NC(=O)CCCC(C)=O)C1. The molecule has 30 heavy (non-hydrogen) atoms. The van der Waals surface area contributed by atoms with E-state index >= 15 is 0 Å². The molecule has 0 radical (unpaired) electrons. The summed E-state index contributed by atoms with van der Waals surface area (Å²) in [5.74, 6) is -2.41. The van der Waals surface area contributed by atoms with E-state index in [0.717, 1.165) is 0 Å². The number of nitrogens with one attached hydrogen (secondary N) is 1. The second-order valence-electron chi connectivity index (χ2n) is 6.79. The van der Waals surface area contributed by atoms with Crippen LogP contribution in [0.5, 0.6) is 0 Å². The first-order valence-corrected chi connectivity index (χ1v) is 9.63. The summed E-state index contributed by atoms with van der Waals surface area (Å²) in [6.45, 7) is 9.32. The molecule has 164 valence electrons. The third-order valence-corrected chi connectivity index (χ3v) is 4.20. The van der Waals surface area contributed by atoms with E-state index in [9.17, 15) is 24.2 Å². The Balaban J connectivity index is 2.88. The lowest BCUT2D eigenvalue weighted by atomic mass is 9.72. The summed E-state index contributed by atoms with van der Waals surface area (Å²) < 4.78 is 15.4. The van der Waals surface area contributed by atoms with Crippen LogP contribution in [-0.4, -0.2) is 48.0 Å². The Morgan fingerprint density at radius 1 is 1.30 bits per heavy atom. The first-order chi connectivity index (χ1) is 14.1. The molecule has 1 amide bonds. The second-order valence-corrected chi connectivity index (χ2v) is 6.79. The van der Waals surface area contributed by atoms with E-state index < -0.39 is 31.3 Å². The Bertz CT molecular complexity index is 758. The Morgan fingerprint density at radius 3 is 2.50 bits per heavy atom. The minimum absolute atomic E-state index is 0.000794. The van der Waals surface area contributed by atoms with Gasteiger partial charge in [-0.25, -0.2) is 4.79 Å². The fourth-order valence-corrected chi connectivity index (χ4v) is 2.83. The quantitative estimate of drug-likeness (QED) is 0.235. The molecule has 0 saturated heterocycles. The van der Waals surface area contributed by atoms with Gasteiger partial charge in [-0.15, -0.1) is 0 Å². The van der Waals surface area contributed by atoms with E-state index in [1.807, 2.05) is 0 Å². The zero-order chi connectivity index (χ0) is 22.8. The summed E-state index contributed by atoms with van der Waals surface area (Å²) in [4.78, 5) is 46.5. The Morgan fingerprint density at radius 2 is 1.97 bits per heavy atom. The van der Waals surface area contributed by atoms with Crippen LogP contribution in [0.2, 0.25) is 0 Å². The van der Waals surface area contributed by atoms with Crippen molar-refractivity contribution < 1.29 is 38.3 Å². The maximum absolute atomic E-state index is 12.5. The van der Waals surface area contributed by atoms with Gasteiger partial charge >= 0.3 is 19.1 Å². The highest BCUT2D eigenvalue weighted by atomic mass is 16.7. The highest BCUT2D eigenvalue weighted by Gasteiger charge is 2.38. The number of ether oxygens (including phenoxy) is 2. The number of carbonyl (C=O) groups excluding carboxylic acids is 4. The van der Waals surface area contributed by atoms with E-state index in [0.29, 0.717) is 18.4 Å². The van der Waals surface area contributed by atoms with Crippen molar-refractivity contribution >= 4 is 30.7 Å². The van der Waals surface area contributed by atoms with Gasteiger partial charge in [0.2, 0.25) is 12.2 Å². The van der Waals surface area contributed by atoms with Crippen molar-refractivity contribution in [1.29, 1.82) is 0 Å². The maximum Gasteiger partial charge on any atom is 0.547 e. The number of amides is 1. The third kappa shape index (κ3) is 7.86. The van der Waals surface area contributed by atoms with Crippen LogP contribution in [0, 0.1) is 0 Å². The monoisotopic (exact) mass is 421 g/mol. The molecule has 0 saturated carbocycles. The number of rotatable bonds is 10. The lowest BCUT2D eigenvalue weighted by Gasteiger charge is -2.30. The number of hydrogen-bond donors (Lipinski definition) is 2. The highest BCUT2D eigenvalue weighted by molar-refractivity contribution is 6.46. The standard InChI is InChI=1S/C20H28BNO8/c1-6-15-11-17(22-18(25)10-8-9-12(3)23)21(27)30-19(15)16(7-2)20(26)29-14(5)28-13(4)24/h6-7,14,17,27H,1,8-11H2,2-5H3,(H,22,25)/b16-7+/t14?,17-/m0/s1. The van der Waals surface area contributed by atoms with E-state index in [2.05, 4.69) is 11.9 Å². The fourth-order valence-electron chi connectivity index (χ4n) is 2.83. The van der Waals surface area contributed by atoms with Crippen LogP contribution < -0.4 is 5.32 Å². The molecule has 2 atom stereocenters. The zero-order valence-corrected chi connectivity index (χ0v) is 17.7. The van der Waals surface area contributed by atoms with Crippen molar-refractivity contribution in [2.75, 3.05) is 0 Å². The van der Waals surface area contributed by atoms with Gasteiger partial charge in [0, 0.05) is 26.7 Å². The molecule has 9 nitrogen and oxygen atoms in total. The van der Waals surface area contributed by atoms with Crippen molar-refractivity contribution in [3.05, 3.63) is 35.6 Å². The maximum atomic E-state index is 12.5. The number of hydrogen-bond acceptors (Lipinski definition) is 8. The molecule has 2 N–H and O–H groups in total. The summed E-state index contributed by atoms with van der Waals surface area (Å²) in [7, 11) is -1.41. The Hall–Kier alpha value is -2.88. The van der Waals surface area contributed by atoms with Gasteiger partial charge in [0.25, 0.3) is 0 Å². The average molecular weight is 421 g/mol. The van der Waals surface area contributed by atoms with Crippen LogP contribution in [0.3, 0.4) is 0 Å². The van der Waals surface area contributed by atoms with Crippen molar-refractivity contribution in [2.45, 2.75) is 65.6 Å². The normalized spacial score (nSPS) is 17.6. The van der Waals surface area contributed by atoms with Crippen LogP contribution in [0.4, 0.5) is 0 Å². The smallest absolute Gasteiger partial charge is 0.534 e. The molecule has 1 aliphatic heterocycles. The van der Waals surface area contributed by atoms with Crippen LogP contribution in [0.25, 0.3) is 0 Å². The molecule has 0 aromatic heterocycles. The summed E-state index contributed by atoms with van der Waals surface area (Å²) >= 11 is 0. The molecule has 0 aromatic rings. The first-order valence-electron chi connectivity index (χ1n) is 9.63. The average Bonchev–Trinajstić information content (AvgIpc) is 2.63. The van der Waals surface area contributed by atoms with Crippen molar-refractivity contribution in [1.82, 2.24) is 5.32 Å². The number of Topliss-reactive ketones (excluding diaryl/α,β-unsaturated/α-hetero) is 1. The van der Waals surface area contributed by atoms with Gasteiger partial charge in [0.1, 0.15) is 11.5 Å². The summed E-state index contributed by atoms with van der Waals surface area (Å²) in [6.07, 6.45) is 2.82. The minimum Gasteiger partial charge on any atom is -0.534 e.